The molecule has 0 aliphatic heterocycles. The van der Waals surface area contributed by atoms with E-state index in [-0.39, 0.29) is 42.1 Å². The van der Waals surface area contributed by atoms with Crippen LogP contribution in [0.5, 0.6) is 23.0 Å². The fourth-order valence-electron chi connectivity index (χ4n) is 5.64. The van der Waals surface area contributed by atoms with Crippen molar-refractivity contribution in [1.82, 2.24) is 30.0 Å². The van der Waals surface area contributed by atoms with Gasteiger partial charge in [-0.3, -0.25) is 0 Å². The number of hydrogen-bond donors (Lipinski definition) is 6. The monoisotopic (exact) mass is 822 g/mol. The number of phenolic OH excluding ortho intramolecular Hbond substituents is 2. The lowest BCUT2D eigenvalue weighted by molar-refractivity contribution is 0.113. The first-order valence-electron chi connectivity index (χ1n) is 18.6. The summed E-state index contributed by atoms with van der Waals surface area (Å²) in [7, 11) is 0. The fourth-order valence-corrected chi connectivity index (χ4v) is 6.66. The normalized spacial score (nSPS) is 12.5. The Labute approximate surface area is 340 Å². The molecule has 6 N–H and O–H groups in total. The van der Waals surface area contributed by atoms with Crippen LogP contribution in [0.15, 0.2) is 65.6 Å². The van der Waals surface area contributed by atoms with Crippen LogP contribution in [0.3, 0.4) is 0 Å². The maximum absolute atomic E-state index is 11.0. The van der Waals surface area contributed by atoms with E-state index in [9.17, 15) is 15.3 Å². The van der Waals surface area contributed by atoms with Gasteiger partial charge in [-0.05, 0) is 59.4 Å². The van der Waals surface area contributed by atoms with Gasteiger partial charge in [-0.25, -0.2) is 0 Å². The molecular weight excluding hydrogens is 772 g/mol. The zero-order valence-electron chi connectivity index (χ0n) is 33.0. The van der Waals surface area contributed by atoms with Gasteiger partial charge in [-0.2, -0.15) is 0 Å². The summed E-state index contributed by atoms with van der Waals surface area (Å²) in [4.78, 5) is 3.68. The van der Waals surface area contributed by atoms with Gasteiger partial charge in [0.2, 0.25) is 0 Å². The lowest BCUT2D eigenvalue weighted by Gasteiger charge is -2.23. The van der Waals surface area contributed by atoms with Crippen LogP contribution in [0, 0.1) is 0 Å². The molecule has 0 radical (unpaired) electrons. The molecule has 0 aliphatic carbocycles. The maximum atomic E-state index is 11.0. The van der Waals surface area contributed by atoms with E-state index in [0.717, 1.165) is 10.5 Å². The Morgan fingerprint density at radius 2 is 1.11 bits per heavy atom. The smallest absolute Gasteiger partial charge is 0.147 e. The van der Waals surface area contributed by atoms with Crippen molar-refractivity contribution < 1.29 is 40.1 Å². The van der Waals surface area contributed by atoms with E-state index in [1.807, 2.05) is 65.8 Å². The first kappa shape index (κ1) is 43.5. The number of benzene rings is 4. The Morgan fingerprint density at radius 3 is 1.56 bits per heavy atom. The largest absolute Gasteiger partial charge is 0.505 e. The Balaban J connectivity index is 0.000000221. The average molecular weight is 823 g/mol. The van der Waals surface area contributed by atoms with E-state index in [4.69, 9.17) is 36.4 Å². The second-order valence-electron chi connectivity index (χ2n) is 15.4. The summed E-state index contributed by atoms with van der Waals surface area (Å²) in [5.41, 5.74) is 4.27. The first-order valence-corrected chi connectivity index (χ1v) is 19.9. The summed E-state index contributed by atoms with van der Waals surface area (Å²) >= 11 is 7.44. The molecule has 0 spiro atoms. The molecule has 0 saturated carbocycles. The third-order valence-corrected chi connectivity index (χ3v) is 10.0. The molecular formula is C41H51ClN6O8S. The molecule has 0 aliphatic rings. The number of ether oxygens (including phenoxy) is 2. The van der Waals surface area contributed by atoms with Gasteiger partial charge in [-0.15, -0.1) is 41.7 Å². The van der Waals surface area contributed by atoms with E-state index in [1.165, 1.54) is 21.4 Å². The third-order valence-electron chi connectivity index (χ3n) is 8.66. The molecule has 2 heterocycles. The minimum atomic E-state index is -0.780. The van der Waals surface area contributed by atoms with Gasteiger partial charge in [0, 0.05) is 65.0 Å². The van der Waals surface area contributed by atoms with Crippen LogP contribution in [0.4, 0.5) is 0 Å². The number of aliphatic hydroxyl groups excluding tert-OH is 4. The minimum Gasteiger partial charge on any atom is -0.505 e. The van der Waals surface area contributed by atoms with Crippen molar-refractivity contribution >= 4 is 45.4 Å². The summed E-state index contributed by atoms with van der Waals surface area (Å²) in [6, 6.07) is 17.8. The number of thioether (sulfide) groups is 1. The molecule has 6 rings (SSSR count). The number of hydrogen-bond acceptors (Lipinski definition) is 13. The van der Waals surface area contributed by atoms with Crippen LogP contribution < -0.4 is 9.47 Å². The van der Waals surface area contributed by atoms with Crippen LogP contribution in [-0.2, 0) is 10.8 Å². The van der Waals surface area contributed by atoms with Crippen LogP contribution in [0.1, 0.15) is 65.5 Å². The quantitative estimate of drug-likeness (QED) is 0.0517. The van der Waals surface area contributed by atoms with Crippen molar-refractivity contribution in [1.29, 1.82) is 0 Å². The lowest BCUT2D eigenvalue weighted by atomic mass is 9.86. The van der Waals surface area contributed by atoms with Crippen molar-refractivity contribution in [3.63, 3.8) is 0 Å². The summed E-state index contributed by atoms with van der Waals surface area (Å²) < 4.78 is 11.5. The number of fused-ring (bicyclic) bond motifs is 2. The second kappa shape index (κ2) is 18.7. The first-order chi connectivity index (χ1) is 27.0. The minimum absolute atomic E-state index is 0.0405. The van der Waals surface area contributed by atoms with Crippen LogP contribution in [-0.4, -0.2) is 106 Å². The van der Waals surface area contributed by atoms with E-state index in [0.29, 0.717) is 87.3 Å². The van der Waals surface area contributed by atoms with E-state index in [2.05, 4.69) is 20.4 Å². The highest BCUT2D eigenvalue weighted by Crippen LogP contribution is 2.40. The number of rotatable bonds is 14. The van der Waals surface area contributed by atoms with E-state index in [1.54, 1.807) is 36.4 Å². The van der Waals surface area contributed by atoms with Crippen molar-refractivity contribution in [3.8, 4) is 34.4 Å². The molecule has 1 unspecified atom stereocenters. The molecule has 0 bridgehead atoms. The molecule has 57 heavy (non-hydrogen) atoms. The number of nitrogens with zero attached hydrogens (tertiary/aromatic N) is 6. The second-order valence-corrected chi connectivity index (χ2v) is 17.0. The highest BCUT2D eigenvalue weighted by Gasteiger charge is 2.25. The number of phenols is 2. The standard InChI is InChI=1S/C22H29N3O5S.C19H22ClN3O3/c1-22(2,3)17-9-15(30-8-4-7-26)10-20(21(17)29)25-23-18-6-5-16(11-19(18)24-25)31-13-14(28)12-27;1-19(2,3)14-10-13(26-8-4-7-24)11-17(18(14)25)23-21-15-6-5-12(20)9-16(15)22-23/h5-6,9-11,14,26-29H,4,7-8,12-13H2,1-3H3;5-6,9-11,24-25H,4,7-8H2,1-3H3. The molecule has 4 aromatic carbocycles. The van der Waals surface area contributed by atoms with Crippen LogP contribution in [0.25, 0.3) is 33.4 Å². The highest BCUT2D eigenvalue weighted by atomic mass is 35.5. The predicted molar refractivity (Wildman–Crippen MR) is 222 cm³/mol. The highest BCUT2D eigenvalue weighted by molar-refractivity contribution is 7.99. The number of halogens is 1. The third kappa shape index (κ3) is 11.1. The van der Waals surface area contributed by atoms with Gasteiger partial charge in [0.05, 0.1) is 25.9 Å². The van der Waals surface area contributed by atoms with Gasteiger partial charge in [0.1, 0.15) is 56.4 Å². The van der Waals surface area contributed by atoms with Crippen LogP contribution in [0.2, 0.25) is 5.02 Å². The number of aromatic hydroxyl groups is 2. The maximum Gasteiger partial charge on any atom is 0.147 e. The molecule has 306 valence electrons. The Kier molecular flexibility index (Phi) is 14.3. The van der Waals surface area contributed by atoms with Gasteiger partial charge >= 0.3 is 0 Å². The van der Waals surface area contributed by atoms with Gasteiger partial charge < -0.3 is 40.1 Å². The van der Waals surface area contributed by atoms with Gasteiger partial charge in [0.15, 0.2) is 0 Å². The SMILES string of the molecule is CC(C)(C)c1cc(OCCCO)cc(-n2nc3ccc(Cl)cc3n2)c1O.CC(C)(C)c1cc(OCCCO)cc(-n2nc3ccc(SCC(O)CO)cc3n2)c1O. The molecule has 1 atom stereocenters. The van der Waals surface area contributed by atoms with E-state index < -0.39 is 6.10 Å². The van der Waals surface area contributed by atoms with Crippen molar-refractivity contribution in [2.75, 3.05) is 38.8 Å². The van der Waals surface area contributed by atoms with Crippen molar-refractivity contribution in [2.45, 2.75) is 76.2 Å². The van der Waals surface area contributed by atoms with E-state index >= 15 is 0 Å². The fraction of sp³-hybridized carbons (Fsp3) is 0.415. The van der Waals surface area contributed by atoms with Crippen molar-refractivity contribution in [2.24, 2.45) is 0 Å². The predicted octanol–water partition coefficient (Wildman–Crippen LogP) is 6.47. The lowest BCUT2D eigenvalue weighted by Crippen LogP contribution is -2.14. The molecule has 0 saturated heterocycles. The van der Waals surface area contributed by atoms with Gasteiger partial charge in [-0.1, -0.05) is 53.1 Å². The Morgan fingerprint density at radius 1 is 0.649 bits per heavy atom. The Hall–Kier alpha value is -4.64. The molecule has 14 nitrogen and oxygen atoms in total. The number of aromatic nitrogens is 6. The van der Waals surface area contributed by atoms with Gasteiger partial charge in [0.25, 0.3) is 0 Å². The molecule has 6 aromatic rings. The molecule has 16 heteroatoms. The van der Waals surface area contributed by atoms with Crippen LogP contribution >= 0.6 is 23.4 Å². The number of aliphatic hydroxyl groups is 4. The zero-order valence-corrected chi connectivity index (χ0v) is 34.5. The zero-order chi connectivity index (χ0) is 41.5. The Bertz CT molecular complexity index is 2280. The average Bonchev–Trinajstić information content (AvgIpc) is 3.78. The summed E-state index contributed by atoms with van der Waals surface area (Å²) in [6.45, 7) is 12.6. The molecule has 0 amide bonds. The van der Waals surface area contributed by atoms with Crippen molar-refractivity contribution in [3.05, 3.63) is 76.8 Å². The summed E-state index contributed by atoms with van der Waals surface area (Å²) in [5, 5.41) is 76.8. The molecule has 2 aromatic heterocycles. The summed E-state index contributed by atoms with van der Waals surface area (Å²) in [5.74, 6) is 1.73. The topological polar surface area (TPSA) is 201 Å². The molecule has 0 fully saturated rings. The summed E-state index contributed by atoms with van der Waals surface area (Å²) in [6.07, 6.45) is 0.262.